The summed E-state index contributed by atoms with van der Waals surface area (Å²) in [7, 11) is 0. The van der Waals surface area contributed by atoms with Gasteiger partial charge in [0.2, 0.25) is 0 Å². The summed E-state index contributed by atoms with van der Waals surface area (Å²) >= 11 is 5.84. The van der Waals surface area contributed by atoms with Crippen molar-refractivity contribution in [2.75, 3.05) is 6.61 Å². The topological polar surface area (TPSA) is 46.5 Å². The lowest BCUT2D eigenvalue weighted by Crippen LogP contribution is -2.04. The number of rotatable bonds is 5. The number of carboxylic acids is 1. The molecule has 0 fully saturated rings. The lowest BCUT2D eigenvalue weighted by atomic mass is 10.1. The van der Waals surface area contributed by atoms with E-state index in [2.05, 4.69) is 0 Å². The van der Waals surface area contributed by atoms with Crippen molar-refractivity contribution in [2.45, 2.75) is 6.42 Å². The van der Waals surface area contributed by atoms with Crippen molar-refractivity contribution < 1.29 is 14.6 Å². The molecule has 4 heteroatoms. The molecule has 0 radical (unpaired) electrons. The van der Waals surface area contributed by atoms with Gasteiger partial charge in [-0.3, -0.25) is 4.79 Å². The second-order valence-corrected chi connectivity index (χ2v) is 4.46. The van der Waals surface area contributed by atoms with Crippen LogP contribution in [0.25, 0.3) is 11.1 Å². The molecule has 0 spiro atoms. The molecular weight excluding hydrogens is 264 g/mol. The van der Waals surface area contributed by atoms with Gasteiger partial charge in [0, 0.05) is 5.02 Å². The molecule has 19 heavy (non-hydrogen) atoms. The van der Waals surface area contributed by atoms with E-state index < -0.39 is 5.97 Å². The molecule has 0 saturated carbocycles. The first-order valence-electron chi connectivity index (χ1n) is 5.86. The summed E-state index contributed by atoms with van der Waals surface area (Å²) in [6.45, 7) is 0.176. The zero-order valence-electron chi connectivity index (χ0n) is 10.2. The van der Waals surface area contributed by atoms with Gasteiger partial charge < -0.3 is 9.84 Å². The van der Waals surface area contributed by atoms with E-state index in [1.807, 2.05) is 48.5 Å². The van der Waals surface area contributed by atoms with Gasteiger partial charge in [0.25, 0.3) is 0 Å². The number of carbonyl (C=O) groups is 1. The molecule has 1 N–H and O–H groups in total. The highest BCUT2D eigenvalue weighted by Crippen LogP contribution is 2.23. The Morgan fingerprint density at radius 1 is 1.00 bits per heavy atom. The van der Waals surface area contributed by atoms with Crippen LogP contribution in [-0.2, 0) is 4.79 Å². The fourth-order valence-corrected chi connectivity index (χ4v) is 1.77. The van der Waals surface area contributed by atoms with E-state index >= 15 is 0 Å². The second-order valence-electron chi connectivity index (χ2n) is 4.02. The van der Waals surface area contributed by atoms with Crippen LogP contribution < -0.4 is 4.74 Å². The monoisotopic (exact) mass is 276 g/mol. The van der Waals surface area contributed by atoms with E-state index in [0.29, 0.717) is 10.8 Å². The van der Waals surface area contributed by atoms with Crippen molar-refractivity contribution in [2.24, 2.45) is 0 Å². The summed E-state index contributed by atoms with van der Waals surface area (Å²) in [5.41, 5.74) is 2.13. The van der Waals surface area contributed by atoms with Crippen molar-refractivity contribution in [3.63, 3.8) is 0 Å². The van der Waals surface area contributed by atoms with Crippen molar-refractivity contribution in [1.82, 2.24) is 0 Å². The van der Waals surface area contributed by atoms with Gasteiger partial charge in [0.05, 0.1) is 13.0 Å². The Hall–Kier alpha value is -2.00. The molecule has 2 aromatic rings. The summed E-state index contributed by atoms with van der Waals surface area (Å²) in [6, 6.07) is 15.1. The summed E-state index contributed by atoms with van der Waals surface area (Å²) in [5.74, 6) is -0.197. The molecular formula is C15H13ClO3. The third kappa shape index (κ3) is 4.00. The number of aliphatic carboxylic acids is 1. The fourth-order valence-electron chi connectivity index (χ4n) is 1.64. The quantitative estimate of drug-likeness (QED) is 0.902. The minimum Gasteiger partial charge on any atom is -0.493 e. The van der Waals surface area contributed by atoms with Gasteiger partial charge in [-0.05, 0) is 35.4 Å². The third-order valence-electron chi connectivity index (χ3n) is 2.62. The standard InChI is InChI=1S/C15H13ClO3/c16-13-5-1-11(2-6-13)12-3-7-14(8-4-12)19-10-9-15(17)18/h1-8H,9-10H2,(H,17,18). The minimum atomic E-state index is -0.863. The van der Waals surface area contributed by atoms with Crippen LogP contribution in [0.4, 0.5) is 0 Å². The number of benzene rings is 2. The van der Waals surface area contributed by atoms with Crippen molar-refractivity contribution in [3.8, 4) is 16.9 Å². The average Bonchev–Trinajstić information content (AvgIpc) is 2.40. The first-order chi connectivity index (χ1) is 9.15. The Bertz CT molecular complexity index is 547. The predicted molar refractivity (Wildman–Crippen MR) is 74.6 cm³/mol. The molecule has 0 amide bonds. The number of carboxylic acid groups (broad SMARTS) is 1. The van der Waals surface area contributed by atoms with Gasteiger partial charge in [-0.2, -0.15) is 0 Å². The van der Waals surface area contributed by atoms with Crippen LogP contribution in [0.15, 0.2) is 48.5 Å². The largest absolute Gasteiger partial charge is 0.493 e. The van der Waals surface area contributed by atoms with Crippen molar-refractivity contribution in [1.29, 1.82) is 0 Å². The molecule has 0 atom stereocenters. The molecule has 3 nitrogen and oxygen atoms in total. The van der Waals surface area contributed by atoms with Crippen LogP contribution in [0.5, 0.6) is 5.75 Å². The molecule has 0 aliphatic rings. The number of halogens is 1. The van der Waals surface area contributed by atoms with Crippen molar-refractivity contribution >= 4 is 17.6 Å². The average molecular weight is 277 g/mol. The van der Waals surface area contributed by atoms with Crippen LogP contribution in [0, 0.1) is 0 Å². The number of ether oxygens (including phenoxy) is 1. The van der Waals surface area contributed by atoms with Gasteiger partial charge in [-0.15, -0.1) is 0 Å². The van der Waals surface area contributed by atoms with Crippen LogP contribution in [0.3, 0.4) is 0 Å². The lowest BCUT2D eigenvalue weighted by molar-refractivity contribution is -0.137. The highest BCUT2D eigenvalue weighted by molar-refractivity contribution is 6.30. The van der Waals surface area contributed by atoms with E-state index in [-0.39, 0.29) is 13.0 Å². The molecule has 0 saturated heterocycles. The Morgan fingerprint density at radius 3 is 2.05 bits per heavy atom. The van der Waals surface area contributed by atoms with Crippen LogP contribution in [0.2, 0.25) is 5.02 Å². The zero-order chi connectivity index (χ0) is 13.7. The molecule has 2 rings (SSSR count). The Kier molecular flexibility index (Phi) is 4.42. The third-order valence-corrected chi connectivity index (χ3v) is 2.87. The Balaban J connectivity index is 2.02. The van der Waals surface area contributed by atoms with E-state index in [4.69, 9.17) is 21.4 Å². The van der Waals surface area contributed by atoms with E-state index in [1.54, 1.807) is 0 Å². The first kappa shape index (κ1) is 13.4. The molecule has 0 aliphatic carbocycles. The molecule has 2 aromatic carbocycles. The second kappa shape index (κ2) is 6.25. The van der Waals surface area contributed by atoms with E-state index in [0.717, 1.165) is 11.1 Å². The van der Waals surface area contributed by atoms with Crippen LogP contribution in [-0.4, -0.2) is 17.7 Å². The van der Waals surface area contributed by atoms with E-state index in [9.17, 15) is 4.79 Å². The smallest absolute Gasteiger partial charge is 0.306 e. The van der Waals surface area contributed by atoms with Gasteiger partial charge in [-0.25, -0.2) is 0 Å². The van der Waals surface area contributed by atoms with Crippen LogP contribution in [0.1, 0.15) is 6.42 Å². The highest BCUT2D eigenvalue weighted by Gasteiger charge is 2.00. The summed E-state index contributed by atoms with van der Waals surface area (Å²) in [5, 5.41) is 9.22. The molecule has 0 aliphatic heterocycles. The summed E-state index contributed by atoms with van der Waals surface area (Å²) in [4.78, 5) is 10.4. The fraction of sp³-hybridized carbons (Fsp3) is 0.133. The van der Waals surface area contributed by atoms with E-state index in [1.165, 1.54) is 0 Å². The summed E-state index contributed by atoms with van der Waals surface area (Å²) in [6.07, 6.45) is -0.00106. The maximum Gasteiger partial charge on any atom is 0.306 e. The maximum absolute atomic E-state index is 10.4. The van der Waals surface area contributed by atoms with Gasteiger partial charge in [0.1, 0.15) is 5.75 Å². The molecule has 98 valence electrons. The van der Waals surface area contributed by atoms with Gasteiger partial charge in [0.15, 0.2) is 0 Å². The molecule has 0 bridgehead atoms. The lowest BCUT2D eigenvalue weighted by Gasteiger charge is -2.06. The number of hydrogen-bond donors (Lipinski definition) is 1. The number of hydrogen-bond acceptors (Lipinski definition) is 2. The van der Waals surface area contributed by atoms with Gasteiger partial charge in [-0.1, -0.05) is 35.9 Å². The minimum absolute atomic E-state index is 0.00106. The maximum atomic E-state index is 10.4. The van der Waals surface area contributed by atoms with Crippen molar-refractivity contribution in [3.05, 3.63) is 53.6 Å². The Labute approximate surface area is 116 Å². The Morgan fingerprint density at radius 2 is 1.53 bits per heavy atom. The van der Waals surface area contributed by atoms with Crippen LogP contribution >= 0.6 is 11.6 Å². The zero-order valence-corrected chi connectivity index (χ0v) is 10.9. The normalized spacial score (nSPS) is 10.2. The highest BCUT2D eigenvalue weighted by atomic mass is 35.5. The summed E-state index contributed by atoms with van der Waals surface area (Å²) < 4.78 is 5.32. The SMILES string of the molecule is O=C(O)CCOc1ccc(-c2ccc(Cl)cc2)cc1. The first-order valence-corrected chi connectivity index (χ1v) is 6.23. The molecule has 0 unspecified atom stereocenters. The van der Waals surface area contributed by atoms with Gasteiger partial charge >= 0.3 is 5.97 Å². The molecule has 0 heterocycles. The molecule has 0 aromatic heterocycles. The predicted octanol–water partition coefficient (Wildman–Crippen LogP) is 3.86.